The molecule has 0 atom stereocenters. The Bertz CT molecular complexity index is 467. The van der Waals surface area contributed by atoms with Gasteiger partial charge in [0.15, 0.2) is 0 Å². The third-order valence-corrected chi connectivity index (χ3v) is 4.26. The molecule has 1 saturated carbocycles. The van der Waals surface area contributed by atoms with Gasteiger partial charge in [-0.3, -0.25) is 4.79 Å². The Morgan fingerprint density at radius 2 is 2.00 bits per heavy atom. The van der Waals surface area contributed by atoms with Crippen LogP contribution in [-0.2, 0) is 11.3 Å². The topological polar surface area (TPSA) is 50.4 Å². The second-order valence-corrected chi connectivity index (χ2v) is 6.52. The number of nitrogens with one attached hydrogen (secondary N) is 2. The molecule has 6 heteroatoms. The van der Waals surface area contributed by atoms with Gasteiger partial charge in [0, 0.05) is 19.6 Å². The van der Waals surface area contributed by atoms with Gasteiger partial charge in [-0.2, -0.15) is 0 Å². The second kappa shape index (κ2) is 7.43. The molecule has 0 aromatic heterocycles. The smallest absolute Gasteiger partial charge is 0.223 e. The van der Waals surface area contributed by atoms with Crippen LogP contribution in [0.3, 0.4) is 0 Å². The van der Waals surface area contributed by atoms with Crippen molar-refractivity contribution in [3.05, 3.63) is 26.6 Å². The van der Waals surface area contributed by atoms with Crippen LogP contribution in [0.15, 0.2) is 21.1 Å². The monoisotopic (exact) mass is 404 g/mol. The van der Waals surface area contributed by atoms with Gasteiger partial charge in [0.25, 0.3) is 0 Å². The normalized spacial score (nSPS) is 14.2. The van der Waals surface area contributed by atoms with Gasteiger partial charge in [-0.25, -0.2) is 0 Å². The number of amides is 1. The highest BCUT2D eigenvalue weighted by atomic mass is 79.9. The van der Waals surface area contributed by atoms with E-state index in [1.54, 1.807) is 7.05 Å². The lowest BCUT2D eigenvalue weighted by molar-refractivity contribution is -0.121. The van der Waals surface area contributed by atoms with E-state index in [0.717, 1.165) is 21.2 Å². The van der Waals surface area contributed by atoms with E-state index in [4.69, 9.17) is 4.74 Å². The average molecular weight is 406 g/mol. The van der Waals surface area contributed by atoms with Crippen molar-refractivity contribution >= 4 is 37.8 Å². The van der Waals surface area contributed by atoms with Crippen molar-refractivity contribution in [3.8, 4) is 5.75 Å². The quantitative estimate of drug-likeness (QED) is 0.733. The van der Waals surface area contributed by atoms with Gasteiger partial charge in [0.1, 0.15) is 5.75 Å². The fourth-order valence-electron chi connectivity index (χ4n) is 1.77. The summed E-state index contributed by atoms with van der Waals surface area (Å²) in [5.74, 6) is 0.714. The summed E-state index contributed by atoms with van der Waals surface area (Å²) < 4.78 is 7.46. The van der Waals surface area contributed by atoms with Gasteiger partial charge in [0.05, 0.1) is 22.0 Å². The molecule has 1 fully saturated rings. The summed E-state index contributed by atoms with van der Waals surface area (Å²) in [5.41, 5.74) is 1.20. The van der Waals surface area contributed by atoms with E-state index in [-0.39, 0.29) is 5.91 Å². The number of hydrogen-bond donors (Lipinski definition) is 2. The lowest BCUT2D eigenvalue weighted by Crippen LogP contribution is -2.20. The Morgan fingerprint density at radius 3 is 2.55 bits per heavy atom. The summed E-state index contributed by atoms with van der Waals surface area (Å²) in [7, 11) is 1.62. The summed E-state index contributed by atoms with van der Waals surface area (Å²) in [6.07, 6.45) is 2.91. The number of halogens is 2. The zero-order chi connectivity index (χ0) is 14.5. The molecule has 1 aromatic rings. The molecular weight excluding hydrogens is 388 g/mol. The number of carbonyl (C=O) groups excluding carboxylic acids is 1. The van der Waals surface area contributed by atoms with Gasteiger partial charge in [-0.15, -0.1) is 0 Å². The molecule has 0 aliphatic heterocycles. The molecule has 110 valence electrons. The van der Waals surface area contributed by atoms with Crippen molar-refractivity contribution in [1.82, 2.24) is 10.6 Å². The molecular formula is C14H18Br2N2O2. The standard InChI is InChI=1S/C14H18Br2N2O2/c1-17-13(19)4-5-20-14-11(15)6-9(7-12(14)16)8-18-10-2-3-10/h6-7,10,18H,2-5,8H2,1H3,(H,17,19). The number of carbonyl (C=O) groups is 1. The highest BCUT2D eigenvalue weighted by Crippen LogP contribution is 2.35. The SMILES string of the molecule is CNC(=O)CCOc1c(Br)cc(CNC2CC2)cc1Br. The minimum absolute atomic E-state index is 0.0255. The van der Waals surface area contributed by atoms with Gasteiger partial charge in [0.2, 0.25) is 5.91 Å². The Hall–Kier alpha value is -0.590. The van der Waals surface area contributed by atoms with Crippen molar-refractivity contribution in [2.24, 2.45) is 0 Å². The van der Waals surface area contributed by atoms with Gasteiger partial charge in [-0.1, -0.05) is 0 Å². The molecule has 0 radical (unpaired) electrons. The molecule has 1 aliphatic rings. The summed E-state index contributed by atoms with van der Waals surface area (Å²) in [6.45, 7) is 1.22. The predicted molar refractivity (Wildman–Crippen MR) is 85.9 cm³/mol. The molecule has 2 rings (SSSR count). The van der Waals surface area contributed by atoms with Crippen LogP contribution in [0.25, 0.3) is 0 Å². The van der Waals surface area contributed by atoms with Crippen molar-refractivity contribution < 1.29 is 9.53 Å². The van der Waals surface area contributed by atoms with Crippen molar-refractivity contribution in [2.75, 3.05) is 13.7 Å². The molecule has 1 amide bonds. The van der Waals surface area contributed by atoms with Crippen LogP contribution in [0.5, 0.6) is 5.75 Å². The van der Waals surface area contributed by atoms with Crippen LogP contribution in [-0.4, -0.2) is 25.6 Å². The van der Waals surface area contributed by atoms with Crippen LogP contribution in [0, 0.1) is 0 Å². The van der Waals surface area contributed by atoms with E-state index in [1.807, 2.05) is 0 Å². The summed E-state index contributed by atoms with van der Waals surface area (Å²) in [5, 5.41) is 6.05. The molecule has 0 bridgehead atoms. The maximum atomic E-state index is 11.2. The molecule has 0 unspecified atom stereocenters. The molecule has 1 aliphatic carbocycles. The zero-order valence-electron chi connectivity index (χ0n) is 11.3. The maximum Gasteiger partial charge on any atom is 0.223 e. The summed E-state index contributed by atoms with van der Waals surface area (Å²) in [6, 6.07) is 4.79. The van der Waals surface area contributed by atoms with E-state index < -0.39 is 0 Å². The molecule has 0 spiro atoms. The van der Waals surface area contributed by atoms with Crippen molar-refractivity contribution in [2.45, 2.75) is 31.8 Å². The van der Waals surface area contributed by atoms with Crippen LogP contribution in [0.2, 0.25) is 0 Å². The van der Waals surface area contributed by atoms with Crippen molar-refractivity contribution in [1.29, 1.82) is 0 Å². The van der Waals surface area contributed by atoms with Crippen LogP contribution >= 0.6 is 31.9 Å². The third-order valence-electron chi connectivity index (χ3n) is 3.08. The maximum absolute atomic E-state index is 11.2. The second-order valence-electron chi connectivity index (χ2n) is 4.82. The van der Waals surface area contributed by atoms with Gasteiger partial charge in [-0.05, 0) is 62.4 Å². The first-order valence-electron chi connectivity index (χ1n) is 6.65. The first kappa shape index (κ1) is 15.8. The Balaban J connectivity index is 1.92. The van der Waals surface area contributed by atoms with E-state index >= 15 is 0 Å². The van der Waals surface area contributed by atoms with Crippen LogP contribution in [0.4, 0.5) is 0 Å². The fourth-order valence-corrected chi connectivity index (χ4v) is 3.28. The largest absolute Gasteiger partial charge is 0.491 e. The Labute approximate surface area is 135 Å². The number of ether oxygens (including phenoxy) is 1. The zero-order valence-corrected chi connectivity index (χ0v) is 14.5. The molecule has 2 N–H and O–H groups in total. The minimum Gasteiger partial charge on any atom is -0.491 e. The van der Waals surface area contributed by atoms with Crippen LogP contribution < -0.4 is 15.4 Å². The fraction of sp³-hybridized carbons (Fsp3) is 0.500. The lowest BCUT2D eigenvalue weighted by Gasteiger charge is -2.12. The summed E-state index contributed by atoms with van der Waals surface area (Å²) >= 11 is 7.04. The molecule has 1 aromatic carbocycles. The van der Waals surface area contributed by atoms with Gasteiger partial charge < -0.3 is 15.4 Å². The summed E-state index contributed by atoms with van der Waals surface area (Å²) in [4.78, 5) is 11.2. The number of rotatable bonds is 7. The van der Waals surface area contributed by atoms with Crippen LogP contribution in [0.1, 0.15) is 24.8 Å². The Morgan fingerprint density at radius 1 is 1.35 bits per heavy atom. The molecule has 0 saturated heterocycles. The van der Waals surface area contributed by atoms with E-state index in [9.17, 15) is 4.79 Å². The number of benzene rings is 1. The number of hydrogen-bond acceptors (Lipinski definition) is 3. The Kier molecular flexibility index (Phi) is 5.86. The first-order valence-corrected chi connectivity index (χ1v) is 8.23. The average Bonchev–Trinajstić information content (AvgIpc) is 3.23. The minimum atomic E-state index is -0.0255. The predicted octanol–water partition coefficient (Wildman–Crippen LogP) is 2.98. The highest BCUT2D eigenvalue weighted by Gasteiger charge is 2.20. The van der Waals surface area contributed by atoms with Crippen molar-refractivity contribution in [3.63, 3.8) is 0 Å². The van der Waals surface area contributed by atoms with E-state index in [0.29, 0.717) is 19.1 Å². The third kappa shape index (κ3) is 4.75. The first-order chi connectivity index (χ1) is 9.60. The molecule has 0 heterocycles. The molecule has 20 heavy (non-hydrogen) atoms. The molecule has 4 nitrogen and oxygen atoms in total. The van der Waals surface area contributed by atoms with Gasteiger partial charge >= 0.3 is 0 Å². The van der Waals surface area contributed by atoms with E-state index in [2.05, 4.69) is 54.6 Å². The lowest BCUT2D eigenvalue weighted by atomic mass is 10.2. The highest BCUT2D eigenvalue weighted by molar-refractivity contribution is 9.11. The van der Waals surface area contributed by atoms with E-state index in [1.165, 1.54) is 18.4 Å².